The molecule has 2 aromatic rings. The molecular formula is C19H29N5. The summed E-state index contributed by atoms with van der Waals surface area (Å²) in [5, 5.41) is 6.65. The summed E-state index contributed by atoms with van der Waals surface area (Å²) in [6.07, 6.45) is 3.91. The number of aryl methyl sites for hydroxylation is 1. The average molecular weight is 327 g/mol. The van der Waals surface area contributed by atoms with Crippen molar-refractivity contribution in [2.75, 3.05) is 36.8 Å². The lowest BCUT2D eigenvalue weighted by Gasteiger charge is -2.17. The third-order valence-corrected chi connectivity index (χ3v) is 4.10. The molecule has 2 rings (SSSR count). The van der Waals surface area contributed by atoms with Crippen LogP contribution in [0, 0.1) is 0 Å². The maximum Gasteiger partial charge on any atom is 0.229 e. The Kier molecular flexibility index (Phi) is 7.49. The normalized spacial score (nSPS) is 10.8. The molecule has 1 aromatic carbocycles. The fourth-order valence-electron chi connectivity index (χ4n) is 2.57. The lowest BCUT2D eigenvalue weighted by molar-refractivity contribution is 0.303. The van der Waals surface area contributed by atoms with E-state index in [1.54, 1.807) is 6.20 Å². The van der Waals surface area contributed by atoms with E-state index in [-0.39, 0.29) is 0 Å². The summed E-state index contributed by atoms with van der Waals surface area (Å²) in [4.78, 5) is 11.3. The van der Waals surface area contributed by atoms with Crippen molar-refractivity contribution in [2.45, 2.75) is 33.6 Å². The van der Waals surface area contributed by atoms with E-state index in [2.05, 4.69) is 64.5 Å². The van der Waals surface area contributed by atoms with Crippen molar-refractivity contribution in [1.29, 1.82) is 0 Å². The summed E-state index contributed by atoms with van der Waals surface area (Å²) in [6, 6.07) is 10.3. The first kappa shape index (κ1) is 18.2. The molecule has 0 aliphatic rings. The molecule has 0 aliphatic carbocycles. The largest absolute Gasteiger partial charge is 0.370 e. The Bertz CT molecular complexity index is 610. The lowest BCUT2D eigenvalue weighted by atomic mass is 10.1. The van der Waals surface area contributed by atoms with Crippen molar-refractivity contribution in [3.63, 3.8) is 0 Å². The highest BCUT2D eigenvalue weighted by atomic mass is 15.1. The van der Waals surface area contributed by atoms with Gasteiger partial charge in [-0.3, -0.25) is 0 Å². The monoisotopic (exact) mass is 327 g/mol. The van der Waals surface area contributed by atoms with E-state index >= 15 is 0 Å². The average Bonchev–Trinajstić information content (AvgIpc) is 2.62. The van der Waals surface area contributed by atoms with Crippen LogP contribution in [-0.4, -0.2) is 41.0 Å². The van der Waals surface area contributed by atoms with E-state index in [0.29, 0.717) is 5.95 Å². The second kappa shape index (κ2) is 9.88. The van der Waals surface area contributed by atoms with Gasteiger partial charge in [0.05, 0.1) is 0 Å². The van der Waals surface area contributed by atoms with E-state index in [9.17, 15) is 0 Å². The number of anilines is 3. The number of hydrogen-bond donors (Lipinski definition) is 2. The zero-order chi connectivity index (χ0) is 17.2. The van der Waals surface area contributed by atoms with Gasteiger partial charge in [-0.05, 0) is 56.2 Å². The molecule has 1 heterocycles. The van der Waals surface area contributed by atoms with Crippen LogP contribution < -0.4 is 10.6 Å². The third-order valence-electron chi connectivity index (χ3n) is 4.10. The molecule has 0 atom stereocenters. The minimum Gasteiger partial charge on any atom is -0.370 e. The summed E-state index contributed by atoms with van der Waals surface area (Å²) < 4.78 is 0. The Morgan fingerprint density at radius 1 is 1.08 bits per heavy atom. The summed E-state index contributed by atoms with van der Waals surface area (Å²) in [7, 11) is 0. The number of nitrogens with zero attached hydrogens (tertiary/aromatic N) is 3. The highest BCUT2D eigenvalue weighted by Crippen LogP contribution is 2.16. The zero-order valence-corrected chi connectivity index (χ0v) is 15.0. The molecule has 0 aliphatic heterocycles. The Labute approximate surface area is 145 Å². The van der Waals surface area contributed by atoms with Gasteiger partial charge >= 0.3 is 0 Å². The van der Waals surface area contributed by atoms with Crippen molar-refractivity contribution in [1.82, 2.24) is 14.9 Å². The first-order chi connectivity index (χ1) is 11.7. The molecule has 0 saturated heterocycles. The molecule has 130 valence electrons. The molecule has 0 bridgehead atoms. The van der Waals surface area contributed by atoms with Gasteiger partial charge in [-0.2, -0.15) is 4.98 Å². The first-order valence-corrected chi connectivity index (χ1v) is 8.90. The van der Waals surface area contributed by atoms with Crippen LogP contribution in [0.4, 0.5) is 17.5 Å². The molecular weight excluding hydrogens is 298 g/mol. The molecule has 24 heavy (non-hydrogen) atoms. The maximum absolute atomic E-state index is 4.53. The topological polar surface area (TPSA) is 53.1 Å². The van der Waals surface area contributed by atoms with Gasteiger partial charge in [0, 0.05) is 18.4 Å². The second-order valence-corrected chi connectivity index (χ2v) is 5.75. The summed E-state index contributed by atoms with van der Waals surface area (Å²) in [6.45, 7) is 10.8. The molecule has 2 N–H and O–H groups in total. The van der Waals surface area contributed by atoms with Crippen LogP contribution in [0.25, 0.3) is 0 Å². The number of aromatic nitrogens is 2. The molecule has 5 heteroatoms. The summed E-state index contributed by atoms with van der Waals surface area (Å²) >= 11 is 0. The predicted molar refractivity (Wildman–Crippen MR) is 102 cm³/mol. The van der Waals surface area contributed by atoms with E-state index in [1.165, 1.54) is 5.56 Å². The SMILES string of the molecule is CCc1cccc(Nc2nccc(NCCCN(CC)CC)n2)c1. The third kappa shape index (κ3) is 5.81. The highest BCUT2D eigenvalue weighted by molar-refractivity contribution is 5.55. The molecule has 0 saturated carbocycles. The van der Waals surface area contributed by atoms with Crippen LogP contribution in [0.3, 0.4) is 0 Å². The molecule has 0 unspecified atom stereocenters. The second-order valence-electron chi connectivity index (χ2n) is 5.75. The van der Waals surface area contributed by atoms with Gasteiger partial charge in [0.25, 0.3) is 0 Å². The zero-order valence-electron chi connectivity index (χ0n) is 15.0. The molecule has 0 amide bonds. The van der Waals surface area contributed by atoms with Crippen molar-refractivity contribution < 1.29 is 0 Å². The van der Waals surface area contributed by atoms with Crippen LogP contribution in [0.15, 0.2) is 36.5 Å². The summed E-state index contributed by atoms with van der Waals surface area (Å²) in [5.41, 5.74) is 2.32. The standard InChI is InChI=1S/C19H29N5/c1-4-16-9-7-10-17(15-16)22-19-21-13-11-18(23-19)20-12-8-14-24(5-2)6-3/h7,9-11,13,15H,4-6,8,12,14H2,1-3H3,(H2,20,21,22,23). The molecule has 1 aromatic heterocycles. The van der Waals surface area contributed by atoms with E-state index in [1.807, 2.05) is 12.1 Å². The van der Waals surface area contributed by atoms with Crippen LogP contribution in [0.2, 0.25) is 0 Å². The van der Waals surface area contributed by atoms with Crippen LogP contribution in [0.1, 0.15) is 32.8 Å². The molecule has 0 spiro atoms. The Hall–Kier alpha value is -2.14. The summed E-state index contributed by atoms with van der Waals surface area (Å²) in [5.74, 6) is 1.48. The van der Waals surface area contributed by atoms with E-state index < -0.39 is 0 Å². The number of nitrogens with one attached hydrogen (secondary N) is 2. The highest BCUT2D eigenvalue weighted by Gasteiger charge is 2.02. The first-order valence-electron chi connectivity index (χ1n) is 8.90. The predicted octanol–water partition coefficient (Wildman–Crippen LogP) is 3.93. The van der Waals surface area contributed by atoms with Gasteiger partial charge < -0.3 is 15.5 Å². The molecule has 0 radical (unpaired) electrons. The minimum atomic E-state index is 0.622. The lowest BCUT2D eigenvalue weighted by Crippen LogP contribution is -2.25. The maximum atomic E-state index is 4.53. The van der Waals surface area contributed by atoms with Crippen molar-refractivity contribution in [3.05, 3.63) is 42.1 Å². The van der Waals surface area contributed by atoms with Gasteiger partial charge in [0.15, 0.2) is 0 Å². The fourth-order valence-corrected chi connectivity index (χ4v) is 2.57. The van der Waals surface area contributed by atoms with Crippen LogP contribution >= 0.6 is 0 Å². The van der Waals surface area contributed by atoms with Gasteiger partial charge in [0.1, 0.15) is 5.82 Å². The van der Waals surface area contributed by atoms with Crippen LogP contribution in [0.5, 0.6) is 0 Å². The quantitative estimate of drug-likeness (QED) is 0.648. The number of rotatable bonds is 10. The van der Waals surface area contributed by atoms with E-state index in [4.69, 9.17) is 0 Å². The van der Waals surface area contributed by atoms with E-state index in [0.717, 1.165) is 50.5 Å². The van der Waals surface area contributed by atoms with Gasteiger partial charge in [0.2, 0.25) is 5.95 Å². The van der Waals surface area contributed by atoms with Crippen molar-refractivity contribution >= 4 is 17.5 Å². The Morgan fingerprint density at radius 2 is 1.92 bits per heavy atom. The number of hydrogen-bond acceptors (Lipinski definition) is 5. The van der Waals surface area contributed by atoms with Crippen molar-refractivity contribution in [3.8, 4) is 0 Å². The van der Waals surface area contributed by atoms with Gasteiger partial charge in [-0.15, -0.1) is 0 Å². The number of benzene rings is 1. The fraction of sp³-hybridized carbons (Fsp3) is 0.474. The smallest absolute Gasteiger partial charge is 0.229 e. The van der Waals surface area contributed by atoms with Gasteiger partial charge in [-0.25, -0.2) is 4.98 Å². The molecule has 0 fully saturated rings. The minimum absolute atomic E-state index is 0.622. The van der Waals surface area contributed by atoms with Crippen molar-refractivity contribution in [2.24, 2.45) is 0 Å². The Balaban J connectivity index is 1.86. The molecule has 5 nitrogen and oxygen atoms in total. The van der Waals surface area contributed by atoms with Crippen LogP contribution in [-0.2, 0) is 6.42 Å². The van der Waals surface area contributed by atoms with Gasteiger partial charge in [-0.1, -0.05) is 32.9 Å². The Morgan fingerprint density at radius 3 is 2.67 bits per heavy atom.